The quantitative estimate of drug-likeness (QED) is 0.375. The molecule has 10 nitrogen and oxygen atoms in total. The van der Waals surface area contributed by atoms with Crippen LogP contribution in [0.25, 0.3) is 16.6 Å². The number of pyridine rings is 2. The molecule has 3 aromatic heterocycles. The molecule has 1 saturated carbocycles. The van der Waals surface area contributed by atoms with Gasteiger partial charge in [0.05, 0.1) is 22.5 Å². The second-order valence-corrected chi connectivity index (χ2v) is 10.3. The summed E-state index contributed by atoms with van der Waals surface area (Å²) in [5.41, 5.74) is 0.466. The van der Waals surface area contributed by atoms with Crippen LogP contribution < -0.4 is 20.3 Å². The van der Waals surface area contributed by atoms with Crippen molar-refractivity contribution in [3.05, 3.63) is 64.1 Å². The molecule has 0 saturated heterocycles. The highest BCUT2D eigenvalue weighted by Gasteiger charge is 2.21. The van der Waals surface area contributed by atoms with E-state index in [4.69, 9.17) is 16.3 Å². The van der Waals surface area contributed by atoms with Crippen molar-refractivity contribution in [1.82, 2.24) is 14.7 Å². The Labute approximate surface area is 205 Å². The number of fused-ring (bicyclic) bond motifs is 1. The third-order valence-corrected chi connectivity index (χ3v) is 7.55. The molecule has 5 rings (SSSR count). The van der Waals surface area contributed by atoms with E-state index in [-0.39, 0.29) is 22.2 Å². The largest absolute Gasteiger partial charge is 0.479 e. The highest BCUT2D eigenvalue weighted by Crippen LogP contribution is 2.33. The van der Waals surface area contributed by atoms with Crippen LogP contribution in [-0.2, 0) is 10.0 Å². The smallest absolute Gasteiger partial charge is 0.263 e. The first kappa shape index (κ1) is 23.2. The van der Waals surface area contributed by atoms with Gasteiger partial charge in [-0.2, -0.15) is 4.98 Å². The minimum Gasteiger partial charge on any atom is -0.479 e. The van der Waals surface area contributed by atoms with Gasteiger partial charge in [0.15, 0.2) is 5.82 Å². The fraction of sp³-hybridized carbons (Fsp3) is 0.261. The maximum atomic E-state index is 12.9. The number of sulfonamides is 1. The average Bonchev–Trinajstić information content (AvgIpc) is 3.54. The number of hydrogen-bond donors (Lipinski definition) is 2. The number of benzene rings is 1. The second kappa shape index (κ2) is 9.23. The van der Waals surface area contributed by atoms with Gasteiger partial charge in [0.1, 0.15) is 17.8 Å². The summed E-state index contributed by atoms with van der Waals surface area (Å²) in [6.45, 7) is 0. The van der Waals surface area contributed by atoms with Gasteiger partial charge in [-0.1, -0.05) is 29.6 Å². The van der Waals surface area contributed by atoms with E-state index in [0.29, 0.717) is 33.5 Å². The van der Waals surface area contributed by atoms with Crippen molar-refractivity contribution < 1.29 is 17.7 Å². The Morgan fingerprint density at radius 2 is 1.94 bits per heavy atom. The highest BCUT2D eigenvalue weighted by molar-refractivity contribution is 7.92. The lowest BCUT2D eigenvalue weighted by Crippen LogP contribution is -2.20. The Morgan fingerprint density at radius 1 is 1.14 bits per heavy atom. The van der Waals surface area contributed by atoms with Crippen LogP contribution in [0.5, 0.6) is 5.88 Å². The minimum absolute atomic E-state index is 0.00238. The Balaban J connectivity index is 1.58. The average molecular weight is 516 g/mol. The molecule has 0 unspecified atom stereocenters. The number of anilines is 2. The molecule has 0 amide bonds. The van der Waals surface area contributed by atoms with Gasteiger partial charge in [-0.3, -0.25) is 14.1 Å². The molecule has 0 radical (unpaired) electrons. The van der Waals surface area contributed by atoms with E-state index in [1.54, 1.807) is 18.2 Å². The van der Waals surface area contributed by atoms with Gasteiger partial charge < -0.3 is 14.6 Å². The van der Waals surface area contributed by atoms with Crippen molar-refractivity contribution in [3.8, 4) is 11.6 Å². The van der Waals surface area contributed by atoms with Crippen LogP contribution in [0, 0.1) is 0 Å². The van der Waals surface area contributed by atoms with Crippen LogP contribution in [-0.4, -0.2) is 36.3 Å². The third-order valence-electron chi connectivity index (χ3n) is 5.91. The first-order chi connectivity index (χ1) is 16.9. The van der Waals surface area contributed by atoms with Crippen LogP contribution >= 0.6 is 11.6 Å². The molecule has 1 aliphatic rings. The Kier molecular flexibility index (Phi) is 6.12. The number of methoxy groups -OCH3 is 1. The summed E-state index contributed by atoms with van der Waals surface area (Å²) in [6, 6.07) is 10.6. The SMILES string of the molecule is COc1nc(NC2CCCC2)c(Cl)cc1-n1c(=O)ccc2cc(S(=O)(=O)Nc3ccon3)ccc21. The highest BCUT2D eigenvalue weighted by atomic mass is 35.5. The molecule has 12 heteroatoms. The number of nitrogens with zero attached hydrogens (tertiary/aromatic N) is 3. The number of hydrogen-bond acceptors (Lipinski definition) is 8. The number of nitrogens with one attached hydrogen (secondary N) is 2. The fourth-order valence-electron chi connectivity index (χ4n) is 4.24. The van der Waals surface area contributed by atoms with E-state index in [9.17, 15) is 13.2 Å². The normalized spacial score (nSPS) is 14.3. The van der Waals surface area contributed by atoms with E-state index in [1.807, 2.05) is 0 Å². The van der Waals surface area contributed by atoms with Crippen molar-refractivity contribution in [2.75, 3.05) is 17.1 Å². The molecule has 0 aliphatic heterocycles. The van der Waals surface area contributed by atoms with E-state index in [0.717, 1.165) is 25.7 Å². The van der Waals surface area contributed by atoms with Gasteiger partial charge in [-0.05, 0) is 43.2 Å². The Morgan fingerprint density at radius 3 is 2.66 bits per heavy atom. The second-order valence-electron chi connectivity index (χ2n) is 8.19. The molecule has 2 N–H and O–H groups in total. The number of ether oxygens (including phenoxy) is 1. The van der Waals surface area contributed by atoms with Crippen molar-refractivity contribution in [1.29, 1.82) is 0 Å². The molecule has 0 atom stereocenters. The summed E-state index contributed by atoms with van der Waals surface area (Å²) in [5.74, 6) is 0.778. The molecule has 35 heavy (non-hydrogen) atoms. The molecule has 3 heterocycles. The molecule has 0 spiro atoms. The molecule has 1 aromatic carbocycles. The number of halogens is 1. The molecule has 1 fully saturated rings. The topological polar surface area (TPSA) is 128 Å². The third kappa shape index (κ3) is 4.56. The molecular weight excluding hydrogens is 494 g/mol. The van der Waals surface area contributed by atoms with Crippen molar-refractivity contribution in [2.45, 2.75) is 36.6 Å². The van der Waals surface area contributed by atoms with E-state index < -0.39 is 10.0 Å². The Bertz CT molecular complexity index is 1550. The summed E-state index contributed by atoms with van der Waals surface area (Å²) in [5, 5.41) is 7.80. The van der Waals surface area contributed by atoms with Gasteiger partial charge in [0, 0.05) is 23.6 Å². The van der Waals surface area contributed by atoms with Gasteiger partial charge in [0.25, 0.3) is 15.6 Å². The predicted molar refractivity (Wildman–Crippen MR) is 132 cm³/mol. The molecular formula is C23H22ClN5O5S. The van der Waals surface area contributed by atoms with Crippen LogP contribution in [0.2, 0.25) is 5.02 Å². The van der Waals surface area contributed by atoms with E-state index in [2.05, 4.69) is 24.7 Å². The summed E-state index contributed by atoms with van der Waals surface area (Å²) in [6.07, 6.45) is 5.66. The lowest BCUT2D eigenvalue weighted by molar-refractivity contribution is 0.396. The maximum absolute atomic E-state index is 12.9. The van der Waals surface area contributed by atoms with Crippen molar-refractivity contribution in [2.24, 2.45) is 0 Å². The molecule has 4 aromatic rings. The van der Waals surface area contributed by atoms with Crippen LogP contribution in [0.1, 0.15) is 25.7 Å². The van der Waals surface area contributed by atoms with Crippen LogP contribution in [0.15, 0.2) is 62.9 Å². The molecule has 182 valence electrons. The lowest BCUT2D eigenvalue weighted by atomic mass is 10.2. The van der Waals surface area contributed by atoms with E-state index in [1.165, 1.54) is 42.2 Å². The summed E-state index contributed by atoms with van der Waals surface area (Å²) >= 11 is 6.55. The van der Waals surface area contributed by atoms with Gasteiger partial charge in [0.2, 0.25) is 5.88 Å². The number of aromatic nitrogens is 3. The lowest BCUT2D eigenvalue weighted by Gasteiger charge is -2.18. The summed E-state index contributed by atoms with van der Waals surface area (Å²) in [4.78, 5) is 17.5. The maximum Gasteiger partial charge on any atom is 0.263 e. The number of rotatable bonds is 7. The monoisotopic (exact) mass is 515 g/mol. The molecule has 1 aliphatic carbocycles. The summed E-state index contributed by atoms with van der Waals surface area (Å²) < 4.78 is 39.5. The van der Waals surface area contributed by atoms with E-state index >= 15 is 0 Å². The van der Waals surface area contributed by atoms with Gasteiger partial charge >= 0.3 is 0 Å². The van der Waals surface area contributed by atoms with Crippen molar-refractivity contribution >= 4 is 44.2 Å². The zero-order valence-corrected chi connectivity index (χ0v) is 20.3. The van der Waals surface area contributed by atoms with Crippen LogP contribution in [0.4, 0.5) is 11.6 Å². The van der Waals surface area contributed by atoms with Crippen molar-refractivity contribution in [3.63, 3.8) is 0 Å². The minimum atomic E-state index is -3.93. The molecule has 0 bridgehead atoms. The first-order valence-electron chi connectivity index (χ1n) is 11.0. The van der Waals surface area contributed by atoms with Crippen LogP contribution in [0.3, 0.4) is 0 Å². The summed E-state index contributed by atoms with van der Waals surface area (Å²) in [7, 11) is -2.46. The first-order valence-corrected chi connectivity index (χ1v) is 12.8. The predicted octanol–water partition coefficient (Wildman–Crippen LogP) is 4.19. The van der Waals surface area contributed by atoms with Gasteiger partial charge in [-0.15, -0.1) is 0 Å². The zero-order chi connectivity index (χ0) is 24.6. The zero-order valence-electron chi connectivity index (χ0n) is 18.7. The standard InChI is InChI=1S/C23H22ClN5O5S/c1-33-23-19(13-17(24)22(26-23)25-15-4-2-3-5-15)29-18-8-7-16(12-14(18)6-9-21(29)30)35(31,32)28-20-10-11-34-27-20/h6-13,15H,2-5H2,1H3,(H,25,26)(H,27,28). The Hall–Kier alpha value is -3.57. The fourth-order valence-corrected chi connectivity index (χ4v) is 5.47. The van der Waals surface area contributed by atoms with Gasteiger partial charge in [-0.25, -0.2) is 8.42 Å².